The molecular formula is C15H11F3N2. The predicted molar refractivity (Wildman–Crippen MR) is 70.3 cm³/mol. The van der Waals surface area contributed by atoms with Gasteiger partial charge >= 0.3 is 6.18 Å². The Hall–Kier alpha value is -2.30. The van der Waals surface area contributed by atoms with Crippen molar-refractivity contribution in [2.45, 2.75) is 12.7 Å². The third-order valence-electron chi connectivity index (χ3n) is 3.19. The van der Waals surface area contributed by atoms with Crippen LogP contribution in [-0.4, -0.2) is 9.55 Å². The first-order valence-corrected chi connectivity index (χ1v) is 6.11. The van der Waals surface area contributed by atoms with Crippen LogP contribution in [0, 0.1) is 0 Å². The van der Waals surface area contributed by atoms with E-state index in [-0.39, 0.29) is 12.1 Å². The fourth-order valence-corrected chi connectivity index (χ4v) is 2.27. The van der Waals surface area contributed by atoms with Crippen LogP contribution in [0.25, 0.3) is 11.0 Å². The highest BCUT2D eigenvalue weighted by atomic mass is 19.4. The maximum absolute atomic E-state index is 13.0. The van der Waals surface area contributed by atoms with Gasteiger partial charge in [0.1, 0.15) is 5.65 Å². The molecule has 0 amide bonds. The van der Waals surface area contributed by atoms with Crippen molar-refractivity contribution < 1.29 is 13.2 Å². The number of hydrogen-bond donors (Lipinski definition) is 0. The normalized spacial score (nSPS) is 11.9. The lowest BCUT2D eigenvalue weighted by atomic mass is 10.1. The van der Waals surface area contributed by atoms with Crippen LogP contribution < -0.4 is 0 Å². The largest absolute Gasteiger partial charge is 0.416 e. The third kappa shape index (κ3) is 2.27. The first-order chi connectivity index (χ1) is 9.55. The molecule has 0 bridgehead atoms. The zero-order valence-corrected chi connectivity index (χ0v) is 10.4. The molecule has 0 unspecified atom stereocenters. The summed E-state index contributed by atoms with van der Waals surface area (Å²) in [7, 11) is 0. The smallest absolute Gasteiger partial charge is 0.328 e. The van der Waals surface area contributed by atoms with E-state index in [1.165, 1.54) is 12.1 Å². The Bertz CT molecular complexity index is 744. The fourth-order valence-electron chi connectivity index (χ4n) is 2.27. The van der Waals surface area contributed by atoms with E-state index in [9.17, 15) is 13.2 Å². The number of aromatic nitrogens is 2. The van der Waals surface area contributed by atoms with Gasteiger partial charge in [0.25, 0.3) is 0 Å². The summed E-state index contributed by atoms with van der Waals surface area (Å²) in [4.78, 5) is 4.21. The zero-order chi connectivity index (χ0) is 14.2. The highest BCUT2D eigenvalue weighted by Crippen LogP contribution is 2.32. The third-order valence-corrected chi connectivity index (χ3v) is 3.19. The fraction of sp³-hybridized carbons (Fsp3) is 0.133. The summed E-state index contributed by atoms with van der Waals surface area (Å²) in [6, 6.07) is 11.2. The van der Waals surface area contributed by atoms with Crippen LogP contribution in [0.3, 0.4) is 0 Å². The summed E-state index contributed by atoms with van der Waals surface area (Å²) in [6.45, 7) is 0.149. The van der Waals surface area contributed by atoms with Crippen LogP contribution in [0.5, 0.6) is 0 Å². The molecular weight excluding hydrogens is 265 g/mol. The average Bonchev–Trinajstić information content (AvgIpc) is 2.82. The van der Waals surface area contributed by atoms with E-state index in [0.717, 1.165) is 11.5 Å². The lowest BCUT2D eigenvalue weighted by Gasteiger charge is -2.13. The minimum absolute atomic E-state index is 0.149. The van der Waals surface area contributed by atoms with Gasteiger partial charge < -0.3 is 4.57 Å². The second kappa shape index (κ2) is 4.67. The molecule has 0 aliphatic rings. The zero-order valence-electron chi connectivity index (χ0n) is 10.4. The van der Waals surface area contributed by atoms with Crippen LogP contribution >= 0.6 is 0 Å². The van der Waals surface area contributed by atoms with E-state index in [1.54, 1.807) is 29.1 Å². The van der Waals surface area contributed by atoms with Crippen LogP contribution in [0.2, 0.25) is 0 Å². The summed E-state index contributed by atoms with van der Waals surface area (Å²) >= 11 is 0. The predicted octanol–water partition coefficient (Wildman–Crippen LogP) is 4.10. The molecule has 0 spiro atoms. The number of nitrogens with zero attached hydrogens (tertiary/aromatic N) is 2. The van der Waals surface area contributed by atoms with Crippen LogP contribution in [0.1, 0.15) is 11.1 Å². The van der Waals surface area contributed by atoms with E-state index in [2.05, 4.69) is 4.98 Å². The molecule has 0 N–H and O–H groups in total. The van der Waals surface area contributed by atoms with Gasteiger partial charge in [-0.15, -0.1) is 0 Å². The van der Waals surface area contributed by atoms with Gasteiger partial charge in [0.2, 0.25) is 0 Å². The lowest BCUT2D eigenvalue weighted by Crippen LogP contribution is -2.11. The molecule has 0 radical (unpaired) electrons. The van der Waals surface area contributed by atoms with Crippen LogP contribution in [0.15, 0.2) is 54.9 Å². The van der Waals surface area contributed by atoms with E-state index in [1.807, 2.05) is 12.1 Å². The van der Waals surface area contributed by atoms with Gasteiger partial charge in [-0.1, -0.05) is 18.2 Å². The van der Waals surface area contributed by atoms with Gasteiger partial charge in [-0.25, -0.2) is 4.98 Å². The molecule has 102 valence electrons. The van der Waals surface area contributed by atoms with Crippen molar-refractivity contribution in [3.05, 3.63) is 66.0 Å². The summed E-state index contributed by atoms with van der Waals surface area (Å²) < 4.78 is 40.6. The van der Waals surface area contributed by atoms with Gasteiger partial charge in [-0.05, 0) is 29.8 Å². The lowest BCUT2D eigenvalue weighted by molar-refractivity contribution is -0.138. The summed E-state index contributed by atoms with van der Waals surface area (Å²) in [6.07, 6.45) is -0.952. The van der Waals surface area contributed by atoms with Crippen molar-refractivity contribution >= 4 is 11.0 Å². The van der Waals surface area contributed by atoms with Crippen molar-refractivity contribution in [1.29, 1.82) is 0 Å². The van der Waals surface area contributed by atoms with E-state index < -0.39 is 11.7 Å². The maximum atomic E-state index is 13.0. The summed E-state index contributed by atoms with van der Waals surface area (Å²) in [5.74, 6) is 0. The Labute approximate surface area is 113 Å². The molecule has 2 heterocycles. The van der Waals surface area contributed by atoms with Crippen LogP contribution in [0.4, 0.5) is 13.2 Å². The topological polar surface area (TPSA) is 17.8 Å². The molecule has 2 aromatic heterocycles. The molecule has 0 saturated heterocycles. The second-order valence-corrected chi connectivity index (χ2v) is 4.51. The number of hydrogen-bond acceptors (Lipinski definition) is 1. The highest BCUT2D eigenvalue weighted by molar-refractivity contribution is 5.75. The number of fused-ring (bicyclic) bond motifs is 1. The molecule has 0 saturated carbocycles. The molecule has 0 atom stereocenters. The Morgan fingerprint density at radius 1 is 1.00 bits per heavy atom. The SMILES string of the molecule is FC(F)(F)c1ccccc1Cn1ccc2cccnc21. The first kappa shape index (κ1) is 12.7. The van der Waals surface area contributed by atoms with Gasteiger partial charge in [-0.3, -0.25) is 0 Å². The number of pyridine rings is 1. The molecule has 0 aliphatic carbocycles. The molecule has 3 rings (SSSR count). The summed E-state index contributed by atoms with van der Waals surface area (Å²) in [5, 5.41) is 0.914. The van der Waals surface area contributed by atoms with Gasteiger partial charge in [0.05, 0.1) is 5.56 Å². The van der Waals surface area contributed by atoms with Crippen molar-refractivity contribution in [2.75, 3.05) is 0 Å². The van der Waals surface area contributed by atoms with Gasteiger partial charge in [0.15, 0.2) is 0 Å². The molecule has 0 fully saturated rings. The van der Waals surface area contributed by atoms with E-state index in [0.29, 0.717) is 5.65 Å². The van der Waals surface area contributed by atoms with Crippen molar-refractivity contribution in [3.8, 4) is 0 Å². The Morgan fingerprint density at radius 2 is 1.80 bits per heavy atom. The number of benzene rings is 1. The van der Waals surface area contributed by atoms with Crippen LogP contribution in [-0.2, 0) is 12.7 Å². The molecule has 0 aliphatic heterocycles. The molecule has 20 heavy (non-hydrogen) atoms. The summed E-state index contributed by atoms with van der Waals surface area (Å²) in [5.41, 5.74) is 0.324. The molecule has 1 aromatic carbocycles. The first-order valence-electron chi connectivity index (χ1n) is 6.11. The quantitative estimate of drug-likeness (QED) is 0.689. The standard InChI is InChI=1S/C15H11F3N2/c16-15(17,18)13-6-2-1-4-12(13)10-20-9-7-11-5-3-8-19-14(11)20/h1-9H,10H2. The Morgan fingerprint density at radius 3 is 2.60 bits per heavy atom. The number of rotatable bonds is 2. The number of halogens is 3. The maximum Gasteiger partial charge on any atom is 0.416 e. The second-order valence-electron chi connectivity index (χ2n) is 4.51. The minimum Gasteiger partial charge on any atom is -0.328 e. The Kier molecular flexibility index (Phi) is 2.97. The Balaban J connectivity index is 2.04. The van der Waals surface area contributed by atoms with E-state index in [4.69, 9.17) is 0 Å². The monoisotopic (exact) mass is 276 g/mol. The van der Waals surface area contributed by atoms with Gasteiger partial charge in [-0.2, -0.15) is 13.2 Å². The average molecular weight is 276 g/mol. The minimum atomic E-state index is -4.34. The molecule has 2 nitrogen and oxygen atoms in total. The molecule has 5 heteroatoms. The van der Waals surface area contributed by atoms with Gasteiger partial charge in [0, 0.05) is 24.3 Å². The van der Waals surface area contributed by atoms with E-state index >= 15 is 0 Å². The van der Waals surface area contributed by atoms with Crippen molar-refractivity contribution in [1.82, 2.24) is 9.55 Å². The van der Waals surface area contributed by atoms with Crippen molar-refractivity contribution in [3.63, 3.8) is 0 Å². The molecule has 3 aromatic rings. The number of alkyl halides is 3. The highest BCUT2D eigenvalue weighted by Gasteiger charge is 2.32. The van der Waals surface area contributed by atoms with Crippen molar-refractivity contribution in [2.24, 2.45) is 0 Å².